The Morgan fingerprint density at radius 3 is 2.76 bits per heavy atom. The van der Waals surface area contributed by atoms with E-state index in [0.29, 0.717) is 13.1 Å². The van der Waals surface area contributed by atoms with Crippen molar-refractivity contribution in [2.24, 2.45) is 0 Å². The lowest BCUT2D eigenvalue weighted by Crippen LogP contribution is -2.44. The van der Waals surface area contributed by atoms with Gasteiger partial charge in [-0.3, -0.25) is 0 Å². The Morgan fingerprint density at radius 1 is 1.47 bits per heavy atom. The van der Waals surface area contributed by atoms with E-state index in [-0.39, 0.29) is 11.8 Å². The third-order valence-electron chi connectivity index (χ3n) is 3.02. The minimum absolute atomic E-state index is 0.123. The molecule has 0 aromatic carbocycles. The second-order valence-electron chi connectivity index (χ2n) is 4.57. The number of sulfonamides is 1. The van der Waals surface area contributed by atoms with Crippen molar-refractivity contribution < 1.29 is 8.42 Å². The van der Waals surface area contributed by atoms with E-state index < -0.39 is 10.0 Å². The highest BCUT2D eigenvalue weighted by Crippen LogP contribution is 2.12. The van der Waals surface area contributed by atoms with Crippen molar-refractivity contribution in [1.82, 2.24) is 9.62 Å². The largest absolute Gasteiger partial charge is 0.313 e. The molecule has 100 valence electrons. The van der Waals surface area contributed by atoms with Crippen LogP contribution in [-0.4, -0.2) is 44.2 Å². The summed E-state index contributed by atoms with van der Waals surface area (Å²) in [6, 6.07) is 0.123. The van der Waals surface area contributed by atoms with Crippen molar-refractivity contribution in [3.05, 3.63) is 12.7 Å². The van der Waals surface area contributed by atoms with E-state index in [4.69, 9.17) is 0 Å². The maximum Gasteiger partial charge on any atom is 0.215 e. The van der Waals surface area contributed by atoms with E-state index in [0.717, 1.165) is 32.2 Å². The van der Waals surface area contributed by atoms with Crippen LogP contribution in [0.25, 0.3) is 0 Å². The van der Waals surface area contributed by atoms with Crippen LogP contribution in [0.1, 0.15) is 32.6 Å². The Balaban J connectivity index is 2.59. The maximum absolute atomic E-state index is 12.2. The topological polar surface area (TPSA) is 49.4 Å². The molecule has 1 N–H and O–H groups in total. The average Bonchev–Trinajstić information content (AvgIpc) is 2.29. The number of nitrogens with zero attached hydrogens (tertiary/aromatic N) is 1. The van der Waals surface area contributed by atoms with Crippen LogP contribution in [0.15, 0.2) is 12.7 Å². The van der Waals surface area contributed by atoms with Crippen LogP contribution in [0, 0.1) is 0 Å². The number of rotatable bonds is 7. The van der Waals surface area contributed by atoms with Crippen molar-refractivity contribution in [1.29, 1.82) is 0 Å². The van der Waals surface area contributed by atoms with Gasteiger partial charge in [-0.05, 0) is 25.8 Å². The van der Waals surface area contributed by atoms with Crippen molar-refractivity contribution in [3.63, 3.8) is 0 Å². The molecule has 1 unspecified atom stereocenters. The zero-order chi connectivity index (χ0) is 12.7. The first-order valence-electron chi connectivity index (χ1n) is 6.42. The molecule has 4 nitrogen and oxygen atoms in total. The first-order chi connectivity index (χ1) is 8.10. The van der Waals surface area contributed by atoms with Crippen molar-refractivity contribution >= 4 is 10.0 Å². The van der Waals surface area contributed by atoms with Crippen LogP contribution >= 0.6 is 0 Å². The molecule has 1 atom stereocenters. The summed E-state index contributed by atoms with van der Waals surface area (Å²) >= 11 is 0. The monoisotopic (exact) mass is 260 g/mol. The van der Waals surface area contributed by atoms with Gasteiger partial charge >= 0.3 is 0 Å². The maximum atomic E-state index is 12.2. The molecule has 0 aromatic heterocycles. The van der Waals surface area contributed by atoms with Crippen LogP contribution in [0.2, 0.25) is 0 Å². The molecule has 1 aliphatic rings. The second-order valence-corrected chi connectivity index (χ2v) is 6.59. The molecule has 0 bridgehead atoms. The lowest BCUT2D eigenvalue weighted by atomic mass is 10.1. The summed E-state index contributed by atoms with van der Waals surface area (Å²) in [5.41, 5.74) is 0. The van der Waals surface area contributed by atoms with Crippen molar-refractivity contribution in [2.45, 2.75) is 38.6 Å². The standard InChI is InChI=1S/C12H24N2O2S/c1-3-9-14(10-4-2)17(15,16)11-12-7-5-6-8-13-12/h3,12-13H,1,4-11H2,2H3. The van der Waals surface area contributed by atoms with Gasteiger partial charge in [-0.15, -0.1) is 6.58 Å². The highest BCUT2D eigenvalue weighted by Gasteiger charge is 2.25. The molecule has 0 aliphatic carbocycles. The predicted octanol–water partition coefficient (Wildman–Crippen LogP) is 1.36. The lowest BCUT2D eigenvalue weighted by Gasteiger charge is -2.27. The van der Waals surface area contributed by atoms with Gasteiger partial charge in [-0.2, -0.15) is 4.31 Å². The quantitative estimate of drug-likeness (QED) is 0.703. The Bertz CT molecular complexity index is 321. The van der Waals surface area contributed by atoms with Crippen molar-refractivity contribution in [3.8, 4) is 0 Å². The van der Waals surface area contributed by atoms with Crippen LogP contribution in [0.4, 0.5) is 0 Å². The molecule has 5 heteroatoms. The molecule has 0 spiro atoms. The van der Waals surface area contributed by atoms with Gasteiger partial charge in [0.2, 0.25) is 10.0 Å². The fraction of sp³-hybridized carbons (Fsp3) is 0.833. The fourth-order valence-corrected chi connectivity index (χ4v) is 3.96. The summed E-state index contributed by atoms with van der Waals surface area (Å²) in [5, 5.41) is 3.28. The summed E-state index contributed by atoms with van der Waals surface area (Å²) < 4.78 is 26.0. The molecule has 1 aliphatic heterocycles. The molecule has 17 heavy (non-hydrogen) atoms. The summed E-state index contributed by atoms with van der Waals surface area (Å²) in [4.78, 5) is 0. The zero-order valence-electron chi connectivity index (χ0n) is 10.7. The zero-order valence-corrected chi connectivity index (χ0v) is 11.5. The molecular formula is C12H24N2O2S. The number of nitrogens with one attached hydrogen (secondary N) is 1. The first kappa shape index (κ1) is 14.7. The highest BCUT2D eigenvalue weighted by molar-refractivity contribution is 7.89. The Hall–Kier alpha value is -0.390. The van der Waals surface area contributed by atoms with E-state index >= 15 is 0 Å². The van der Waals surface area contributed by atoms with Crippen LogP contribution in [0.5, 0.6) is 0 Å². The van der Waals surface area contributed by atoms with E-state index in [2.05, 4.69) is 11.9 Å². The smallest absolute Gasteiger partial charge is 0.215 e. The molecule has 1 saturated heterocycles. The molecule has 0 amide bonds. The van der Waals surface area contributed by atoms with Crippen LogP contribution in [-0.2, 0) is 10.0 Å². The van der Waals surface area contributed by atoms with Gasteiger partial charge in [-0.25, -0.2) is 8.42 Å². The molecule has 0 aromatic rings. The number of piperidine rings is 1. The molecule has 1 heterocycles. The molecule has 0 radical (unpaired) electrons. The summed E-state index contributed by atoms with van der Waals surface area (Å²) in [7, 11) is -3.15. The van der Waals surface area contributed by atoms with Crippen LogP contribution in [0.3, 0.4) is 0 Å². The Kier molecular flexibility index (Phi) is 6.16. The minimum Gasteiger partial charge on any atom is -0.313 e. The van der Waals surface area contributed by atoms with E-state index in [1.165, 1.54) is 4.31 Å². The van der Waals surface area contributed by atoms with E-state index in [1.807, 2.05) is 6.92 Å². The van der Waals surface area contributed by atoms with Gasteiger partial charge in [0.1, 0.15) is 0 Å². The van der Waals surface area contributed by atoms with Crippen LogP contribution < -0.4 is 5.32 Å². The van der Waals surface area contributed by atoms with Gasteiger partial charge in [0.25, 0.3) is 0 Å². The number of hydrogen-bond acceptors (Lipinski definition) is 3. The highest BCUT2D eigenvalue weighted by atomic mass is 32.2. The summed E-state index contributed by atoms with van der Waals surface area (Å²) in [5.74, 6) is 0.223. The Labute approximate surface area is 105 Å². The third kappa shape index (κ3) is 4.77. The number of hydrogen-bond donors (Lipinski definition) is 1. The molecule has 1 rings (SSSR count). The fourth-order valence-electron chi connectivity index (χ4n) is 2.16. The van der Waals surface area contributed by atoms with Gasteiger partial charge in [0.15, 0.2) is 0 Å². The average molecular weight is 260 g/mol. The second kappa shape index (κ2) is 7.13. The van der Waals surface area contributed by atoms with Gasteiger partial charge in [0.05, 0.1) is 5.75 Å². The molecule has 1 fully saturated rings. The van der Waals surface area contributed by atoms with E-state index in [9.17, 15) is 8.42 Å². The van der Waals surface area contributed by atoms with Gasteiger partial charge < -0.3 is 5.32 Å². The Morgan fingerprint density at radius 2 is 2.24 bits per heavy atom. The third-order valence-corrected chi connectivity index (χ3v) is 4.97. The molecular weight excluding hydrogens is 236 g/mol. The van der Waals surface area contributed by atoms with Gasteiger partial charge in [0, 0.05) is 19.1 Å². The van der Waals surface area contributed by atoms with Gasteiger partial charge in [-0.1, -0.05) is 19.4 Å². The first-order valence-corrected chi connectivity index (χ1v) is 8.03. The normalized spacial score (nSPS) is 21.6. The summed E-state index contributed by atoms with van der Waals surface area (Å²) in [6.07, 6.45) is 5.74. The SMILES string of the molecule is C=CCN(CCC)S(=O)(=O)CC1CCCCN1. The molecule has 0 saturated carbocycles. The predicted molar refractivity (Wildman–Crippen MR) is 71.5 cm³/mol. The lowest BCUT2D eigenvalue weighted by molar-refractivity contribution is 0.401. The van der Waals surface area contributed by atoms with Crippen molar-refractivity contribution in [2.75, 3.05) is 25.4 Å². The van der Waals surface area contributed by atoms with E-state index in [1.54, 1.807) is 6.08 Å². The minimum atomic E-state index is -3.15. The summed E-state index contributed by atoms with van der Waals surface area (Å²) in [6.45, 7) is 7.56.